The number of nitrogens with one attached hydrogen (secondary N) is 2. The van der Waals surface area contributed by atoms with Crippen molar-refractivity contribution in [3.05, 3.63) is 59.7 Å². The van der Waals surface area contributed by atoms with E-state index in [1.807, 2.05) is 36.3 Å². The normalized spacial score (nSPS) is 16.2. The van der Waals surface area contributed by atoms with Gasteiger partial charge in [-0.1, -0.05) is 0 Å². The minimum Gasteiger partial charge on any atom is -0.494 e. The number of ether oxygens (including phenoxy) is 2. The number of hydrogen-bond donors (Lipinski definition) is 2. The Morgan fingerprint density at radius 1 is 0.980 bits per heavy atom. The second kappa shape index (κ2) is 14.0. The zero-order valence-corrected chi connectivity index (χ0v) is 30.5. The zero-order valence-electron chi connectivity index (χ0n) is 28.1. The van der Waals surface area contributed by atoms with Gasteiger partial charge in [-0.2, -0.15) is 10.1 Å². The van der Waals surface area contributed by atoms with Crippen LogP contribution in [0.1, 0.15) is 12.8 Å². The Morgan fingerprint density at radius 3 is 2.47 bits per heavy atom. The highest BCUT2D eigenvalue weighted by Crippen LogP contribution is 2.43. The van der Waals surface area contributed by atoms with Gasteiger partial charge in [0.2, 0.25) is 5.95 Å². The maximum Gasteiger partial charge on any atom is 0.229 e. The molecular formula is C34H40BrN10O3P. The Hall–Kier alpha value is -4.10. The molecule has 0 unspecified atom stereocenters. The topological polar surface area (TPSA) is 135 Å². The maximum absolute atomic E-state index is 13.5. The molecule has 0 aliphatic carbocycles. The molecule has 3 aromatic heterocycles. The molecule has 5 heterocycles. The molecule has 5 aromatic rings. The molecule has 2 aliphatic heterocycles. The van der Waals surface area contributed by atoms with Gasteiger partial charge in [0.25, 0.3) is 0 Å². The van der Waals surface area contributed by atoms with Crippen LogP contribution in [0.4, 0.5) is 28.8 Å². The van der Waals surface area contributed by atoms with Crippen molar-refractivity contribution < 1.29 is 14.0 Å². The number of halogens is 1. The first-order valence-corrected chi connectivity index (χ1v) is 19.7. The third kappa shape index (κ3) is 7.14. The quantitative estimate of drug-likeness (QED) is 0.181. The van der Waals surface area contributed by atoms with Crippen molar-refractivity contribution in [2.24, 2.45) is 7.05 Å². The molecule has 0 radical (unpaired) electrons. The van der Waals surface area contributed by atoms with Crippen molar-refractivity contribution >= 4 is 68.2 Å². The number of hydrogen-bond acceptors (Lipinski definition) is 12. The fourth-order valence-electron chi connectivity index (χ4n) is 6.73. The summed E-state index contributed by atoms with van der Waals surface area (Å²) in [5.41, 5.74) is 5.79. The van der Waals surface area contributed by atoms with Crippen LogP contribution in [0.25, 0.3) is 22.2 Å². The molecule has 2 saturated heterocycles. The molecule has 2 aromatic carbocycles. The summed E-state index contributed by atoms with van der Waals surface area (Å²) in [5.74, 6) is 1.53. The fraction of sp³-hybridized carbons (Fsp3) is 0.382. The molecule has 0 spiro atoms. The van der Waals surface area contributed by atoms with Crippen LogP contribution in [0.5, 0.6) is 5.75 Å². The Kier molecular flexibility index (Phi) is 9.56. The van der Waals surface area contributed by atoms with Crippen LogP contribution in [0, 0.1) is 0 Å². The number of benzene rings is 2. The number of anilines is 5. The predicted octanol–water partition coefficient (Wildman–Crippen LogP) is 5.63. The van der Waals surface area contributed by atoms with E-state index in [2.05, 4.69) is 68.5 Å². The molecule has 13 nitrogen and oxygen atoms in total. The first kappa shape index (κ1) is 33.4. The van der Waals surface area contributed by atoms with E-state index in [1.54, 1.807) is 39.0 Å². The molecule has 7 rings (SSSR count). The zero-order chi connectivity index (χ0) is 34.1. The van der Waals surface area contributed by atoms with Gasteiger partial charge in [-0.15, -0.1) is 0 Å². The average molecular weight is 748 g/mol. The van der Waals surface area contributed by atoms with Crippen molar-refractivity contribution in [1.29, 1.82) is 0 Å². The molecule has 2 aliphatic rings. The first-order chi connectivity index (χ1) is 23.7. The predicted molar refractivity (Wildman–Crippen MR) is 198 cm³/mol. The second-order valence-corrected chi connectivity index (χ2v) is 16.7. The lowest BCUT2D eigenvalue weighted by atomic mass is 9.99. The lowest BCUT2D eigenvalue weighted by Gasteiger charge is -2.41. The second-order valence-electron chi connectivity index (χ2n) is 12.7. The van der Waals surface area contributed by atoms with E-state index in [9.17, 15) is 4.57 Å². The van der Waals surface area contributed by atoms with E-state index in [1.165, 1.54) is 0 Å². The highest BCUT2D eigenvalue weighted by Gasteiger charge is 2.28. The molecule has 2 fully saturated rings. The molecule has 256 valence electrons. The first-order valence-electron chi connectivity index (χ1n) is 16.3. The number of morpholine rings is 1. The van der Waals surface area contributed by atoms with Crippen LogP contribution in [-0.4, -0.2) is 100 Å². The van der Waals surface area contributed by atoms with E-state index < -0.39 is 7.14 Å². The summed E-state index contributed by atoms with van der Waals surface area (Å²) in [6.07, 6.45) is 11.0. The summed E-state index contributed by atoms with van der Waals surface area (Å²) in [6, 6.07) is 8.47. The third-order valence-corrected chi connectivity index (χ3v) is 11.2. The summed E-state index contributed by atoms with van der Waals surface area (Å²) in [4.78, 5) is 23.3. The van der Waals surface area contributed by atoms with Crippen LogP contribution in [0.3, 0.4) is 0 Å². The van der Waals surface area contributed by atoms with Gasteiger partial charge in [0, 0.05) is 86.9 Å². The van der Waals surface area contributed by atoms with Crippen LogP contribution in [0.2, 0.25) is 0 Å². The summed E-state index contributed by atoms with van der Waals surface area (Å²) < 4.78 is 27.5. The number of methoxy groups -OCH3 is 1. The van der Waals surface area contributed by atoms with Crippen molar-refractivity contribution in [3.8, 4) is 16.9 Å². The number of nitrogens with zero attached hydrogens (tertiary/aromatic N) is 8. The van der Waals surface area contributed by atoms with E-state index in [4.69, 9.17) is 14.5 Å². The minimum atomic E-state index is -2.77. The summed E-state index contributed by atoms with van der Waals surface area (Å²) in [6.45, 7) is 8.99. The van der Waals surface area contributed by atoms with E-state index in [-0.39, 0.29) is 0 Å². The molecular weight excluding hydrogens is 707 g/mol. The molecule has 49 heavy (non-hydrogen) atoms. The molecule has 0 saturated carbocycles. The van der Waals surface area contributed by atoms with Gasteiger partial charge < -0.3 is 29.6 Å². The van der Waals surface area contributed by atoms with Gasteiger partial charge in [0.15, 0.2) is 0 Å². The summed E-state index contributed by atoms with van der Waals surface area (Å²) >= 11 is 3.59. The third-order valence-electron chi connectivity index (χ3n) is 9.10. The lowest BCUT2D eigenvalue weighted by molar-refractivity contribution is 0.0115. The standard InChI is InChI=1S/C34H40BrN10O3P/c1-43-21-22(19-39-43)24-17-28(30(47-2)18-29(24)45-11-7-23(8-12-45)44-13-15-48-16-14-44)41-34-38-20-25(35)33(42-34)40-27-6-5-26-31(37-10-9-36-26)32(27)49(3,4)46/h5-6,9-10,17-21,23H,7-8,11-16H2,1-4H3,(H2,38,40,41,42). The van der Waals surface area contributed by atoms with Gasteiger partial charge in [0.1, 0.15) is 24.2 Å². The van der Waals surface area contributed by atoms with Gasteiger partial charge in [-0.05, 0) is 60.3 Å². The summed E-state index contributed by atoms with van der Waals surface area (Å²) in [7, 11) is 0.831. The fourth-order valence-corrected chi connectivity index (χ4v) is 8.42. The van der Waals surface area contributed by atoms with Crippen LogP contribution in [-0.2, 0) is 16.3 Å². The number of piperidine rings is 1. The molecule has 0 amide bonds. The van der Waals surface area contributed by atoms with Gasteiger partial charge in [0.05, 0.1) is 53.2 Å². The highest BCUT2D eigenvalue weighted by molar-refractivity contribution is 9.10. The summed E-state index contributed by atoms with van der Waals surface area (Å²) in [5, 5.41) is 11.9. The Morgan fingerprint density at radius 2 is 1.76 bits per heavy atom. The van der Waals surface area contributed by atoms with Crippen LogP contribution < -0.4 is 25.6 Å². The van der Waals surface area contributed by atoms with Gasteiger partial charge in [-0.3, -0.25) is 19.5 Å². The van der Waals surface area contributed by atoms with Crippen molar-refractivity contribution in [2.75, 3.05) is 75.4 Å². The highest BCUT2D eigenvalue weighted by atomic mass is 79.9. The number of aromatic nitrogens is 6. The molecule has 15 heteroatoms. The van der Waals surface area contributed by atoms with E-state index >= 15 is 0 Å². The lowest BCUT2D eigenvalue weighted by Crippen LogP contribution is -2.49. The molecule has 0 bridgehead atoms. The average Bonchev–Trinajstić information content (AvgIpc) is 3.55. The van der Waals surface area contributed by atoms with E-state index in [0.29, 0.717) is 50.1 Å². The SMILES string of the molecule is COc1cc(N2CCC(N3CCOCC3)CC2)c(-c2cnn(C)c2)cc1Nc1ncc(Br)c(Nc2ccc3nccnc3c2P(C)(C)=O)n1. The number of aryl methyl sites for hydroxylation is 1. The number of rotatable bonds is 9. The molecule has 2 N–H and O–H groups in total. The molecule has 0 atom stereocenters. The Balaban J connectivity index is 1.20. The van der Waals surface area contributed by atoms with Crippen molar-refractivity contribution in [2.45, 2.75) is 18.9 Å². The van der Waals surface area contributed by atoms with Crippen molar-refractivity contribution in [3.63, 3.8) is 0 Å². The van der Waals surface area contributed by atoms with Crippen LogP contribution in [0.15, 0.2) is 59.7 Å². The Labute approximate surface area is 294 Å². The van der Waals surface area contributed by atoms with Crippen LogP contribution >= 0.6 is 23.1 Å². The maximum atomic E-state index is 13.5. The monoisotopic (exact) mass is 746 g/mol. The smallest absolute Gasteiger partial charge is 0.229 e. The minimum absolute atomic E-state index is 0.360. The Bertz CT molecular complexity index is 2020. The number of fused-ring (bicyclic) bond motifs is 1. The van der Waals surface area contributed by atoms with Gasteiger partial charge >= 0.3 is 0 Å². The van der Waals surface area contributed by atoms with Crippen molar-refractivity contribution in [1.82, 2.24) is 34.6 Å². The van der Waals surface area contributed by atoms with Gasteiger partial charge in [-0.25, -0.2) is 4.98 Å². The largest absolute Gasteiger partial charge is 0.494 e. The van der Waals surface area contributed by atoms with E-state index in [0.717, 1.165) is 74.7 Å².